The van der Waals surface area contributed by atoms with Crippen LogP contribution in [-0.2, 0) is 6.42 Å². The number of nitrogens with zero attached hydrogens (tertiary/aromatic N) is 1. The topological polar surface area (TPSA) is 60.8 Å². The smallest absolute Gasteiger partial charge is 0.203 e. The minimum absolute atomic E-state index is 0.0776. The number of benzene rings is 1. The second-order valence-corrected chi connectivity index (χ2v) is 14.5. The van der Waals surface area contributed by atoms with Gasteiger partial charge in [0, 0.05) is 22.4 Å². The molecule has 3 aliphatic carbocycles. The highest BCUT2D eigenvalue weighted by atomic mass is 32.1. The minimum Gasteiger partial charge on any atom is -0.393 e. The van der Waals surface area contributed by atoms with E-state index in [-0.39, 0.29) is 17.1 Å². The molecule has 40 heavy (non-hydrogen) atoms. The number of likely N-dealkylation sites (tertiary alicyclic amines) is 1. The molecule has 1 saturated carbocycles. The number of aliphatic hydroxyl groups is 2. The van der Waals surface area contributed by atoms with E-state index in [1.165, 1.54) is 37.7 Å². The molecule has 1 aromatic carbocycles. The summed E-state index contributed by atoms with van der Waals surface area (Å²) in [6, 6.07) is 10.3. The number of thiophene rings is 1. The molecule has 2 heterocycles. The maximum atomic E-state index is 14.0. The van der Waals surface area contributed by atoms with Crippen LogP contribution in [0.15, 0.2) is 42.0 Å². The third-order valence-electron chi connectivity index (χ3n) is 10.3. The number of allylic oxidation sites excluding steroid dienone is 2. The average molecular weight is 564 g/mol. The molecule has 0 amide bonds. The van der Waals surface area contributed by atoms with Crippen LogP contribution in [0.1, 0.15) is 122 Å². The van der Waals surface area contributed by atoms with Crippen LogP contribution in [0.25, 0.3) is 0 Å². The molecule has 4 aliphatic rings. The van der Waals surface area contributed by atoms with Crippen molar-refractivity contribution in [2.45, 2.75) is 115 Å². The first-order valence-corrected chi connectivity index (χ1v) is 16.5. The SMILES string of the molecule is CC1=CCCC2(C)C(CCC2(O)CN2CCCCCCC2)c2ccc(cc2C(=O)c2ccc(C)s2)CC(O)CC1. The van der Waals surface area contributed by atoms with Crippen molar-refractivity contribution < 1.29 is 15.0 Å². The molecule has 6 rings (SSSR count). The molecule has 2 bridgehead atoms. The molecule has 1 saturated heterocycles. The van der Waals surface area contributed by atoms with Crippen LogP contribution in [0.5, 0.6) is 0 Å². The van der Waals surface area contributed by atoms with Gasteiger partial charge in [0.25, 0.3) is 0 Å². The van der Waals surface area contributed by atoms with E-state index in [0.717, 1.165) is 84.6 Å². The number of hydrogen-bond acceptors (Lipinski definition) is 5. The third-order valence-corrected chi connectivity index (χ3v) is 11.3. The van der Waals surface area contributed by atoms with Crippen molar-refractivity contribution in [2.24, 2.45) is 5.41 Å². The fourth-order valence-electron chi connectivity index (χ4n) is 7.73. The summed E-state index contributed by atoms with van der Waals surface area (Å²) in [7, 11) is 0. The predicted molar refractivity (Wildman–Crippen MR) is 165 cm³/mol. The summed E-state index contributed by atoms with van der Waals surface area (Å²) in [6.07, 6.45) is 13.8. The summed E-state index contributed by atoms with van der Waals surface area (Å²) in [5.74, 6) is 0.178. The number of hydrogen-bond donors (Lipinski definition) is 2. The van der Waals surface area contributed by atoms with E-state index < -0.39 is 11.7 Å². The molecule has 4 unspecified atom stereocenters. The van der Waals surface area contributed by atoms with Gasteiger partial charge in [0.05, 0.1) is 16.6 Å². The Labute approximate surface area is 245 Å². The van der Waals surface area contributed by atoms with E-state index in [0.29, 0.717) is 6.42 Å². The van der Waals surface area contributed by atoms with E-state index in [1.54, 1.807) is 11.3 Å². The Bertz CT molecular complexity index is 1210. The highest BCUT2D eigenvalue weighted by molar-refractivity contribution is 7.14. The lowest BCUT2D eigenvalue weighted by atomic mass is 9.64. The molecule has 2 N–H and O–H groups in total. The maximum absolute atomic E-state index is 14.0. The van der Waals surface area contributed by atoms with Crippen molar-refractivity contribution in [1.29, 1.82) is 0 Å². The van der Waals surface area contributed by atoms with Gasteiger partial charge in [0.15, 0.2) is 0 Å². The van der Waals surface area contributed by atoms with Gasteiger partial charge in [-0.3, -0.25) is 4.79 Å². The number of aliphatic hydroxyl groups excluding tert-OH is 1. The number of carbonyl (C=O) groups is 1. The largest absolute Gasteiger partial charge is 0.393 e. The van der Waals surface area contributed by atoms with Gasteiger partial charge in [-0.25, -0.2) is 0 Å². The van der Waals surface area contributed by atoms with Crippen molar-refractivity contribution in [3.8, 4) is 0 Å². The van der Waals surface area contributed by atoms with Crippen molar-refractivity contribution in [2.75, 3.05) is 19.6 Å². The van der Waals surface area contributed by atoms with Crippen molar-refractivity contribution in [3.63, 3.8) is 0 Å². The Balaban J connectivity index is 1.56. The first kappa shape index (κ1) is 29.7. The van der Waals surface area contributed by atoms with Gasteiger partial charge < -0.3 is 15.1 Å². The fourth-order valence-corrected chi connectivity index (χ4v) is 8.55. The molecular formula is C35H49NO3S. The Kier molecular flexibility index (Phi) is 9.36. The van der Waals surface area contributed by atoms with E-state index in [2.05, 4.69) is 43.0 Å². The van der Waals surface area contributed by atoms with Gasteiger partial charge in [0.1, 0.15) is 0 Å². The summed E-state index contributed by atoms with van der Waals surface area (Å²) in [4.78, 5) is 18.5. The third kappa shape index (κ3) is 6.33. The highest BCUT2D eigenvalue weighted by Gasteiger charge is 2.57. The van der Waals surface area contributed by atoms with Crippen LogP contribution in [0.4, 0.5) is 0 Å². The van der Waals surface area contributed by atoms with Gasteiger partial charge in [-0.1, -0.05) is 50.0 Å². The van der Waals surface area contributed by atoms with E-state index in [9.17, 15) is 15.0 Å². The van der Waals surface area contributed by atoms with E-state index >= 15 is 0 Å². The Morgan fingerprint density at radius 2 is 1.77 bits per heavy atom. The van der Waals surface area contributed by atoms with E-state index in [4.69, 9.17) is 0 Å². The second-order valence-electron chi connectivity index (χ2n) is 13.2. The molecule has 5 heteroatoms. The van der Waals surface area contributed by atoms with Gasteiger partial charge in [-0.05, 0) is 120 Å². The lowest BCUT2D eigenvalue weighted by Gasteiger charge is -2.46. The van der Waals surface area contributed by atoms with Gasteiger partial charge in [0.2, 0.25) is 5.78 Å². The average Bonchev–Trinajstić information content (AvgIpc) is 3.44. The van der Waals surface area contributed by atoms with Gasteiger partial charge in [-0.15, -0.1) is 11.3 Å². The molecule has 0 spiro atoms. The molecule has 1 aliphatic heterocycles. The van der Waals surface area contributed by atoms with Crippen LogP contribution < -0.4 is 0 Å². The standard InChI is InChI=1S/C35H49NO3S/c1-25-10-9-18-34(3)31(17-19-35(34,39)24-36-20-7-5-4-6-8-21-36)29-15-13-27(22-28(37)14-11-25)23-30(29)33(38)32-16-12-26(2)40-32/h10,12-13,15-16,23,28,31,37,39H,4-9,11,14,17-22,24H2,1-3H3. The number of fused-ring (bicyclic) bond motifs is 8. The predicted octanol–water partition coefficient (Wildman–Crippen LogP) is 7.59. The molecule has 2 aromatic rings. The molecule has 4 nitrogen and oxygen atoms in total. The number of rotatable bonds is 4. The monoisotopic (exact) mass is 563 g/mol. The summed E-state index contributed by atoms with van der Waals surface area (Å²) >= 11 is 1.55. The Hall–Kier alpha value is -1.79. The highest BCUT2D eigenvalue weighted by Crippen LogP contribution is 2.59. The van der Waals surface area contributed by atoms with E-state index in [1.807, 2.05) is 19.1 Å². The lowest BCUT2D eigenvalue weighted by Crippen LogP contribution is -2.53. The molecule has 1 aromatic heterocycles. The van der Waals surface area contributed by atoms with Crippen molar-refractivity contribution in [1.82, 2.24) is 4.90 Å². The lowest BCUT2D eigenvalue weighted by molar-refractivity contribution is -0.0843. The second kappa shape index (κ2) is 12.6. The van der Waals surface area contributed by atoms with Crippen LogP contribution in [-0.4, -0.2) is 52.2 Å². The summed E-state index contributed by atoms with van der Waals surface area (Å²) in [5.41, 5.74) is 3.03. The summed E-state index contributed by atoms with van der Waals surface area (Å²) < 4.78 is 0. The van der Waals surface area contributed by atoms with Crippen LogP contribution in [0, 0.1) is 12.3 Å². The van der Waals surface area contributed by atoms with Crippen molar-refractivity contribution >= 4 is 17.1 Å². The minimum atomic E-state index is -0.801. The molecule has 218 valence electrons. The summed E-state index contributed by atoms with van der Waals surface area (Å²) in [6.45, 7) is 9.39. The Morgan fingerprint density at radius 1 is 1.02 bits per heavy atom. The Morgan fingerprint density at radius 3 is 2.50 bits per heavy atom. The number of carbonyl (C=O) groups excluding carboxylic acids is 1. The zero-order valence-electron chi connectivity index (χ0n) is 24.9. The molecule has 4 atom stereocenters. The maximum Gasteiger partial charge on any atom is 0.203 e. The fraction of sp³-hybridized carbons (Fsp3) is 0.629. The number of β-amino-alcohol motifs (C(OH)–C–C–N with tert-alkyl or cyclic N) is 1. The summed E-state index contributed by atoms with van der Waals surface area (Å²) in [5, 5.41) is 23.4. The zero-order chi connectivity index (χ0) is 28.3. The molecule has 0 radical (unpaired) electrons. The normalized spacial score (nSPS) is 30.7. The van der Waals surface area contributed by atoms with Crippen LogP contribution in [0.3, 0.4) is 0 Å². The zero-order valence-corrected chi connectivity index (χ0v) is 25.7. The molecule has 2 fully saturated rings. The number of aryl methyl sites for hydroxylation is 1. The van der Waals surface area contributed by atoms with Gasteiger partial charge in [-0.2, -0.15) is 0 Å². The van der Waals surface area contributed by atoms with Gasteiger partial charge >= 0.3 is 0 Å². The molecular weight excluding hydrogens is 514 g/mol. The first-order chi connectivity index (χ1) is 19.2. The number of ketones is 1. The first-order valence-electron chi connectivity index (χ1n) is 15.7. The quantitative estimate of drug-likeness (QED) is 0.297. The van der Waals surface area contributed by atoms with Crippen molar-refractivity contribution in [3.05, 3.63) is 68.4 Å². The van der Waals surface area contributed by atoms with Crippen LogP contribution >= 0.6 is 11.3 Å². The van der Waals surface area contributed by atoms with Crippen LogP contribution in [0.2, 0.25) is 0 Å².